The van der Waals surface area contributed by atoms with Gasteiger partial charge in [-0.3, -0.25) is 4.79 Å². The van der Waals surface area contributed by atoms with E-state index in [9.17, 15) is 4.79 Å². The average Bonchev–Trinajstić information content (AvgIpc) is 3.18. The van der Waals surface area contributed by atoms with Crippen LogP contribution in [-0.4, -0.2) is 49.2 Å². The molecule has 0 aromatic heterocycles. The molecule has 0 aliphatic heterocycles. The van der Waals surface area contributed by atoms with Gasteiger partial charge in [-0.25, -0.2) is 0 Å². The Labute approximate surface area is 111 Å². The number of nitrogens with zero attached hydrogens (tertiary/aromatic N) is 1. The third-order valence-corrected chi connectivity index (χ3v) is 3.39. The summed E-state index contributed by atoms with van der Waals surface area (Å²) in [5.41, 5.74) is 0. The highest BCUT2D eigenvalue weighted by Crippen LogP contribution is 2.26. The molecule has 4 heteroatoms. The maximum Gasteiger partial charge on any atom is 0.323 e. The second-order valence-electron chi connectivity index (χ2n) is 4.91. The van der Waals surface area contributed by atoms with Crippen molar-refractivity contribution in [2.45, 2.75) is 58.5 Å². The lowest BCUT2D eigenvalue weighted by Gasteiger charge is -2.23. The molecule has 0 amide bonds. The highest BCUT2D eigenvalue weighted by atomic mass is 16.5. The molecule has 0 aromatic rings. The topological polar surface area (TPSA) is 41.6 Å². The van der Waals surface area contributed by atoms with E-state index in [-0.39, 0.29) is 12.0 Å². The summed E-state index contributed by atoms with van der Waals surface area (Å²) in [5.74, 6) is -0.0993. The molecular weight excluding hydrogens is 228 g/mol. The average molecular weight is 256 g/mol. The van der Waals surface area contributed by atoms with Crippen LogP contribution >= 0.6 is 0 Å². The van der Waals surface area contributed by atoms with Crippen molar-refractivity contribution >= 4 is 5.97 Å². The third kappa shape index (κ3) is 5.36. The van der Waals surface area contributed by atoms with Crippen LogP contribution in [0.15, 0.2) is 0 Å². The lowest BCUT2D eigenvalue weighted by Crippen LogP contribution is -2.41. The van der Waals surface area contributed by atoms with Crippen molar-refractivity contribution < 1.29 is 9.53 Å². The Balaban J connectivity index is 2.35. The van der Waals surface area contributed by atoms with Crippen molar-refractivity contribution in [3.8, 4) is 0 Å². The normalized spacial score (nSPS) is 16.9. The summed E-state index contributed by atoms with van der Waals surface area (Å²) in [6.07, 6.45) is 4.53. The Kier molecular flexibility index (Phi) is 7.28. The minimum Gasteiger partial charge on any atom is -0.465 e. The van der Waals surface area contributed by atoms with Gasteiger partial charge in [0.15, 0.2) is 0 Å². The first-order chi connectivity index (χ1) is 8.72. The van der Waals surface area contributed by atoms with E-state index in [1.165, 1.54) is 12.8 Å². The van der Waals surface area contributed by atoms with Crippen LogP contribution in [0.4, 0.5) is 0 Å². The van der Waals surface area contributed by atoms with Crippen LogP contribution in [0.5, 0.6) is 0 Å². The molecule has 0 heterocycles. The number of hydrogen-bond acceptors (Lipinski definition) is 4. The Bertz CT molecular complexity index is 242. The van der Waals surface area contributed by atoms with Gasteiger partial charge in [-0.2, -0.15) is 0 Å². The predicted molar refractivity (Wildman–Crippen MR) is 73.6 cm³/mol. The maximum absolute atomic E-state index is 11.8. The van der Waals surface area contributed by atoms with E-state index < -0.39 is 0 Å². The highest BCUT2D eigenvalue weighted by molar-refractivity contribution is 5.75. The Morgan fingerprint density at radius 2 is 2.11 bits per heavy atom. The van der Waals surface area contributed by atoms with E-state index in [0.29, 0.717) is 6.61 Å². The van der Waals surface area contributed by atoms with E-state index >= 15 is 0 Å². The number of carbonyl (C=O) groups excluding carboxylic acids is 1. The van der Waals surface area contributed by atoms with Crippen molar-refractivity contribution in [3.63, 3.8) is 0 Å². The van der Waals surface area contributed by atoms with E-state index in [2.05, 4.69) is 24.1 Å². The molecule has 1 saturated carbocycles. The van der Waals surface area contributed by atoms with Crippen LogP contribution in [0, 0.1) is 0 Å². The molecule has 0 radical (unpaired) electrons. The summed E-state index contributed by atoms with van der Waals surface area (Å²) >= 11 is 0. The molecule has 18 heavy (non-hydrogen) atoms. The fourth-order valence-corrected chi connectivity index (χ4v) is 2.20. The molecule has 1 aliphatic carbocycles. The summed E-state index contributed by atoms with van der Waals surface area (Å²) < 4.78 is 5.12. The molecule has 4 nitrogen and oxygen atoms in total. The van der Waals surface area contributed by atoms with Gasteiger partial charge in [0.25, 0.3) is 0 Å². The molecule has 1 N–H and O–H groups in total. The lowest BCUT2D eigenvalue weighted by molar-refractivity contribution is -0.145. The molecule has 1 fully saturated rings. The first-order valence-corrected chi connectivity index (χ1v) is 7.36. The second-order valence-corrected chi connectivity index (χ2v) is 4.91. The Morgan fingerprint density at radius 1 is 1.39 bits per heavy atom. The van der Waals surface area contributed by atoms with Crippen LogP contribution in [-0.2, 0) is 9.53 Å². The summed E-state index contributed by atoms with van der Waals surface area (Å²) in [5, 5.41) is 3.29. The zero-order valence-corrected chi connectivity index (χ0v) is 12.1. The number of ether oxygens (including phenoxy) is 1. The molecule has 1 aliphatic rings. The van der Waals surface area contributed by atoms with Crippen LogP contribution in [0.25, 0.3) is 0 Å². The highest BCUT2D eigenvalue weighted by Gasteiger charge is 2.29. The molecular formula is C14H28N2O2. The van der Waals surface area contributed by atoms with Crippen LogP contribution in [0.1, 0.15) is 46.5 Å². The van der Waals surface area contributed by atoms with Gasteiger partial charge in [0.1, 0.15) is 6.04 Å². The zero-order chi connectivity index (χ0) is 13.4. The van der Waals surface area contributed by atoms with E-state index in [1.54, 1.807) is 0 Å². The monoisotopic (exact) mass is 256 g/mol. The fourth-order valence-electron chi connectivity index (χ4n) is 2.20. The molecule has 0 saturated heterocycles. The van der Waals surface area contributed by atoms with Crippen LogP contribution in [0.3, 0.4) is 0 Å². The predicted octanol–water partition coefficient (Wildman–Crippen LogP) is 1.79. The minimum absolute atomic E-state index is 0.0993. The van der Waals surface area contributed by atoms with Crippen molar-refractivity contribution in [3.05, 3.63) is 0 Å². The summed E-state index contributed by atoms with van der Waals surface area (Å²) in [7, 11) is 0. The van der Waals surface area contributed by atoms with Crippen molar-refractivity contribution in [1.29, 1.82) is 0 Å². The summed E-state index contributed by atoms with van der Waals surface area (Å²) in [6.45, 7) is 9.56. The quantitative estimate of drug-likeness (QED) is 0.605. The van der Waals surface area contributed by atoms with Gasteiger partial charge in [0.05, 0.1) is 6.61 Å². The van der Waals surface area contributed by atoms with Crippen LogP contribution in [0.2, 0.25) is 0 Å². The van der Waals surface area contributed by atoms with Gasteiger partial charge >= 0.3 is 5.97 Å². The van der Waals surface area contributed by atoms with E-state index in [0.717, 1.165) is 38.5 Å². The van der Waals surface area contributed by atoms with Gasteiger partial charge in [-0.1, -0.05) is 13.8 Å². The fraction of sp³-hybridized carbons (Fsp3) is 0.929. The second kappa shape index (κ2) is 8.48. The number of carbonyl (C=O) groups is 1. The van der Waals surface area contributed by atoms with Crippen LogP contribution < -0.4 is 5.32 Å². The molecule has 0 bridgehead atoms. The lowest BCUT2D eigenvalue weighted by atomic mass is 10.2. The number of esters is 1. The molecule has 1 rings (SSSR count). The third-order valence-electron chi connectivity index (χ3n) is 3.39. The largest absolute Gasteiger partial charge is 0.465 e. The van der Waals surface area contributed by atoms with Gasteiger partial charge in [0.2, 0.25) is 0 Å². The Morgan fingerprint density at radius 3 is 2.61 bits per heavy atom. The minimum atomic E-state index is -0.141. The standard InChI is InChI=1S/C14H28N2O2/c1-4-10-15-13(14(17)18-6-3)9-11-16(5-2)12-7-8-12/h12-13,15H,4-11H2,1-3H3. The molecule has 106 valence electrons. The molecule has 1 atom stereocenters. The number of hydrogen-bond donors (Lipinski definition) is 1. The SMILES string of the molecule is CCCNC(CCN(CC)C1CC1)C(=O)OCC. The van der Waals surface area contributed by atoms with Gasteiger partial charge < -0.3 is 15.0 Å². The maximum atomic E-state index is 11.8. The van der Waals surface area contributed by atoms with Crippen molar-refractivity contribution in [2.24, 2.45) is 0 Å². The Hall–Kier alpha value is -0.610. The van der Waals surface area contributed by atoms with Gasteiger partial charge in [-0.05, 0) is 45.7 Å². The summed E-state index contributed by atoms with van der Waals surface area (Å²) in [4.78, 5) is 14.3. The molecule has 0 spiro atoms. The van der Waals surface area contributed by atoms with E-state index in [1.807, 2.05) is 6.92 Å². The molecule has 1 unspecified atom stereocenters. The van der Waals surface area contributed by atoms with Gasteiger partial charge in [-0.15, -0.1) is 0 Å². The number of nitrogens with one attached hydrogen (secondary N) is 1. The van der Waals surface area contributed by atoms with Crippen molar-refractivity contribution in [2.75, 3.05) is 26.2 Å². The smallest absolute Gasteiger partial charge is 0.323 e. The number of rotatable bonds is 10. The summed E-state index contributed by atoms with van der Waals surface area (Å²) in [6, 6.07) is 0.627. The zero-order valence-electron chi connectivity index (χ0n) is 12.1. The molecule has 0 aromatic carbocycles. The first-order valence-electron chi connectivity index (χ1n) is 7.36. The van der Waals surface area contributed by atoms with E-state index in [4.69, 9.17) is 4.74 Å². The first kappa shape index (κ1) is 15.4. The van der Waals surface area contributed by atoms with Gasteiger partial charge in [0, 0.05) is 12.6 Å². The van der Waals surface area contributed by atoms with Crippen molar-refractivity contribution in [1.82, 2.24) is 10.2 Å².